The summed E-state index contributed by atoms with van der Waals surface area (Å²) in [6, 6.07) is 12.5. The Morgan fingerprint density at radius 1 is 1.10 bits per heavy atom. The van der Waals surface area contributed by atoms with Crippen molar-refractivity contribution in [2.75, 3.05) is 11.9 Å². The number of hydrogen-bond donors (Lipinski definition) is 2. The molecule has 0 aromatic heterocycles. The Balaban J connectivity index is 2.17. The predicted molar refractivity (Wildman–Crippen MR) is 88.2 cm³/mol. The van der Waals surface area contributed by atoms with E-state index in [0.717, 1.165) is 17.8 Å². The van der Waals surface area contributed by atoms with Crippen LogP contribution < -0.4 is 10.6 Å². The smallest absolute Gasteiger partial charge is 0.255 e. The number of carbonyl (C=O) groups is 1. The average Bonchev–Trinajstić information content (AvgIpc) is 2.49. The lowest BCUT2D eigenvalue weighted by Crippen LogP contribution is -2.17. The molecular weight excluding hydrogens is 307 g/mol. The lowest BCUT2D eigenvalue weighted by Gasteiger charge is -2.11. The molecule has 0 heterocycles. The van der Waals surface area contributed by atoms with Crippen molar-refractivity contribution in [1.82, 2.24) is 5.32 Å². The zero-order chi connectivity index (χ0) is 15.2. The molecule has 2 N–H and O–H groups in total. The molecule has 0 fully saturated rings. The van der Waals surface area contributed by atoms with Gasteiger partial charge in [-0.15, -0.1) is 0 Å². The first-order valence-corrected chi connectivity index (χ1v) is 7.42. The summed E-state index contributed by atoms with van der Waals surface area (Å²) in [7, 11) is 0. The molecule has 2 rings (SSSR count). The minimum absolute atomic E-state index is 0.211. The molecule has 0 aliphatic carbocycles. The van der Waals surface area contributed by atoms with E-state index in [1.165, 1.54) is 0 Å². The van der Waals surface area contributed by atoms with E-state index in [4.69, 9.17) is 23.2 Å². The van der Waals surface area contributed by atoms with Crippen LogP contribution >= 0.6 is 23.2 Å². The van der Waals surface area contributed by atoms with E-state index in [9.17, 15) is 4.79 Å². The van der Waals surface area contributed by atoms with Crippen molar-refractivity contribution in [2.45, 2.75) is 13.5 Å². The Morgan fingerprint density at radius 3 is 2.57 bits per heavy atom. The van der Waals surface area contributed by atoms with Crippen molar-refractivity contribution in [3.8, 4) is 0 Å². The van der Waals surface area contributed by atoms with Crippen LogP contribution in [0.5, 0.6) is 0 Å². The van der Waals surface area contributed by atoms with E-state index >= 15 is 0 Å². The SMILES string of the molecule is CCNCc1ccccc1NC(=O)c1ccc(Cl)c(Cl)c1. The van der Waals surface area contributed by atoms with Crippen molar-refractivity contribution >= 4 is 34.8 Å². The Kier molecular flexibility index (Phi) is 5.62. The van der Waals surface area contributed by atoms with Crippen LogP contribution in [0.3, 0.4) is 0 Å². The van der Waals surface area contributed by atoms with Crippen molar-refractivity contribution < 1.29 is 4.79 Å². The topological polar surface area (TPSA) is 41.1 Å². The number of nitrogens with one attached hydrogen (secondary N) is 2. The van der Waals surface area contributed by atoms with Gasteiger partial charge in [0, 0.05) is 17.8 Å². The first-order chi connectivity index (χ1) is 10.1. The highest BCUT2D eigenvalue weighted by atomic mass is 35.5. The van der Waals surface area contributed by atoms with Gasteiger partial charge in [-0.1, -0.05) is 48.3 Å². The summed E-state index contributed by atoms with van der Waals surface area (Å²) >= 11 is 11.8. The molecule has 0 bridgehead atoms. The number of hydrogen-bond acceptors (Lipinski definition) is 2. The number of carbonyl (C=O) groups excluding carboxylic acids is 1. The largest absolute Gasteiger partial charge is 0.322 e. The zero-order valence-electron chi connectivity index (χ0n) is 11.6. The molecule has 3 nitrogen and oxygen atoms in total. The summed E-state index contributed by atoms with van der Waals surface area (Å²) in [5, 5.41) is 6.94. The maximum absolute atomic E-state index is 12.3. The van der Waals surface area contributed by atoms with Crippen molar-refractivity contribution in [3.63, 3.8) is 0 Å². The molecule has 21 heavy (non-hydrogen) atoms. The minimum atomic E-state index is -0.211. The van der Waals surface area contributed by atoms with E-state index in [1.54, 1.807) is 18.2 Å². The van der Waals surface area contributed by atoms with Crippen molar-refractivity contribution in [2.24, 2.45) is 0 Å². The van der Waals surface area contributed by atoms with E-state index in [0.29, 0.717) is 22.2 Å². The molecule has 0 spiro atoms. The summed E-state index contributed by atoms with van der Waals surface area (Å²) in [6.07, 6.45) is 0. The highest BCUT2D eigenvalue weighted by molar-refractivity contribution is 6.42. The number of amides is 1. The molecule has 1 amide bonds. The summed E-state index contributed by atoms with van der Waals surface area (Å²) in [5.41, 5.74) is 2.30. The third kappa shape index (κ3) is 4.21. The Hall–Kier alpha value is -1.55. The number of rotatable bonds is 5. The van der Waals surface area contributed by atoms with Gasteiger partial charge >= 0.3 is 0 Å². The van der Waals surface area contributed by atoms with Crippen LogP contribution in [0.1, 0.15) is 22.8 Å². The van der Waals surface area contributed by atoms with Crippen LogP contribution in [0.4, 0.5) is 5.69 Å². The summed E-state index contributed by atoms with van der Waals surface area (Å²) < 4.78 is 0. The maximum Gasteiger partial charge on any atom is 0.255 e. The molecule has 2 aromatic carbocycles. The summed E-state index contributed by atoms with van der Waals surface area (Å²) in [5.74, 6) is -0.211. The fourth-order valence-corrected chi connectivity index (χ4v) is 2.19. The minimum Gasteiger partial charge on any atom is -0.322 e. The molecule has 0 radical (unpaired) electrons. The first kappa shape index (κ1) is 15.8. The van der Waals surface area contributed by atoms with Gasteiger partial charge in [-0.25, -0.2) is 0 Å². The predicted octanol–water partition coefficient (Wildman–Crippen LogP) is 4.36. The number of anilines is 1. The van der Waals surface area contributed by atoms with Gasteiger partial charge < -0.3 is 10.6 Å². The molecule has 5 heteroatoms. The fourth-order valence-electron chi connectivity index (χ4n) is 1.89. The van der Waals surface area contributed by atoms with Gasteiger partial charge in [0.25, 0.3) is 5.91 Å². The molecule has 0 aliphatic heterocycles. The van der Waals surface area contributed by atoms with E-state index in [2.05, 4.69) is 10.6 Å². The molecular formula is C16H16Cl2N2O. The normalized spacial score (nSPS) is 10.4. The standard InChI is InChI=1S/C16H16Cl2N2O/c1-2-19-10-12-5-3-4-6-15(12)20-16(21)11-7-8-13(17)14(18)9-11/h3-9,19H,2,10H2,1H3,(H,20,21). The van der Waals surface area contributed by atoms with E-state index < -0.39 is 0 Å². The second-order valence-corrected chi connectivity index (χ2v) is 5.33. The van der Waals surface area contributed by atoms with Crippen molar-refractivity contribution in [1.29, 1.82) is 0 Å². The molecule has 2 aromatic rings. The highest BCUT2D eigenvalue weighted by Crippen LogP contribution is 2.23. The molecule has 0 saturated heterocycles. The number of para-hydroxylation sites is 1. The van der Waals surface area contributed by atoms with Gasteiger partial charge in [0.15, 0.2) is 0 Å². The maximum atomic E-state index is 12.3. The summed E-state index contributed by atoms with van der Waals surface area (Å²) in [4.78, 5) is 12.3. The van der Waals surface area contributed by atoms with E-state index in [1.807, 2.05) is 31.2 Å². The Labute approximate surface area is 134 Å². The second-order valence-electron chi connectivity index (χ2n) is 4.52. The van der Waals surface area contributed by atoms with Gasteiger partial charge in [0.05, 0.1) is 10.0 Å². The number of halogens is 2. The number of benzene rings is 2. The van der Waals surface area contributed by atoms with E-state index in [-0.39, 0.29) is 5.91 Å². The van der Waals surface area contributed by atoms with Gasteiger partial charge in [-0.3, -0.25) is 4.79 Å². The Bertz CT molecular complexity index is 644. The quantitative estimate of drug-likeness (QED) is 0.858. The van der Waals surface area contributed by atoms with Crippen LogP contribution in [0.15, 0.2) is 42.5 Å². The Morgan fingerprint density at radius 2 is 1.86 bits per heavy atom. The second kappa shape index (κ2) is 7.46. The van der Waals surface area contributed by atoms with Gasteiger partial charge in [0.1, 0.15) is 0 Å². The molecule has 0 saturated carbocycles. The third-order valence-electron chi connectivity index (χ3n) is 3.01. The lowest BCUT2D eigenvalue weighted by molar-refractivity contribution is 0.102. The van der Waals surface area contributed by atoms with Crippen LogP contribution in [0.25, 0.3) is 0 Å². The summed E-state index contributed by atoms with van der Waals surface area (Å²) in [6.45, 7) is 3.61. The lowest BCUT2D eigenvalue weighted by atomic mass is 10.1. The zero-order valence-corrected chi connectivity index (χ0v) is 13.1. The van der Waals surface area contributed by atoms with Gasteiger partial charge in [-0.05, 0) is 36.4 Å². The molecule has 0 aliphatic rings. The molecule has 0 atom stereocenters. The van der Waals surface area contributed by atoms with Crippen molar-refractivity contribution in [3.05, 3.63) is 63.6 Å². The van der Waals surface area contributed by atoms with Gasteiger partial charge in [0.2, 0.25) is 0 Å². The highest BCUT2D eigenvalue weighted by Gasteiger charge is 2.10. The van der Waals surface area contributed by atoms with Crippen LogP contribution in [-0.4, -0.2) is 12.5 Å². The monoisotopic (exact) mass is 322 g/mol. The third-order valence-corrected chi connectivity index (χ3v) is 3.75. The molecule has 110 valence electrons. The van der Waals surface area contributed by atoms with Gasteiger partial charge in [-0.2, -0.15) is 0 Å². The van der Waals surface area contributed by atoms with Crippen LogP contribution in [-0.2, 0) is 6.54 Å². The van der Waals surface area contributed by atoms with Crippen LogP contribution in [0, 0.1) is 0 Å². The molecule has 0 unspecified atom stereocenters. The van der Waals surface area contributed by atoms with Crippen LogP contribution in [0.2, 0.25) is 10.0 Å². The average molecular weight is 323 g/mol. The first-order valence-electron chi connectivity index (χ1n) is 6.67. The fraction of sp³-hybridized carbons (Fsp3) is 0.188.